The van der Waals surface area contributed by atoms with Crippen molar-refractivity contribution in [2.75, 3.05) is 11.4 Å². The largest absolute Gasteiger partial charge is 0.479 e. The fourth-order valence-electron chi connectivity index (χ4n) is 2.40. The Labute approximate surface area is 117 Å². The number of amides is 2. The molecule has 2 amide bonds. The van der Waals surface area contributed by atoms with Crippen molar-refractivity contribution in [3.05, 3.63) is 29.8 Å². The quantitative estimate of drug-likeness (QED) is 0.766. The molecule has 0 aromatic heterocycles. The zero-order chi connectivity index (χ0) is 14.7. The highest BCUT2D eigenvalue weighted by Crippen LogP contribution is 2.31. The number of benzene rings is 1. The summed E-state index contributed by atoms with van der Waals surface area (Å²) in [5.41, 5.74) is 2.01. The Kier molecular flexibility index (Phi) is 4.24. The minimum atomic E-state index is -1.45. The Morgan fingerprint density at radius 2 is 2.15 bits per heavy atom. The van der Waals surface area contributed by atoms with Crippen LogP contribution in [0.1, 0.15) is 18.9 Å². The van der Waals surface area contributed by atoms with Crippen LogP contribution in [0.4, 0.5) is 10.5 Å². The Morgan fingerprint density at radius 1 is 1.45 bits per heavy atom. The minimum absolute atomic E-state index is 0.00899. The molecule has 2 rings (SSSR count). The fraction of sp³-hybridized carbons (Fsp3) is 0.429. The van der Waals surface area contributed by atoms with Gasteiger partial charge in [0, 0.05) is 24.7 Å². The summed E-state index contributed by atoms with van der Waals surface area (Å²) >= 11 is 0. The molecule has 0 aliphatic carbocycles. The molecule has 1 heterocycles. The Hall–Kier alpha value is -2.08. The van der Waals surface area contributed by atoms with E-state index in [9.17, 15) is 9.59 Å². The fourth-order valence-corrected chi connectivity index (χ4v) is 2.40. The number of carbonyl (C=O) groups excluding carboxylic acids is 1. The third kappa shape index (κ3) is 2.91. The summed E-state index contributed by atoms with van der Waals surface area (Å²) in [6.07, 6.45) is -0.648. The van der Waals surface area contributed by atoms with Gasteiger partial charge in [0.1, 0.15) is 0 Å². The van der Waals surface area contributed by atoms with E-state index < -0.39 is 12.1 Å². The predicted octanol–water partition coefficient (Wildman–Crippen LogP) is 0.983. The molecule has 6 nitrogen and oxygen atoms in total. The molecule has 6 heteroatoms. The first-order chi connectivity index (χ1) is 9.50. The molecule has 0 fully saturated rings. The van der Waals surface area contributed by atoms with Crippen LogP contribution in [0.3, 0.4) is 0 Å². The van der Waals surface area contributed by atoms with Crippen molar-refractivity contribution >= 4 is 17.7 Å². The number of carboxylic acids is 1. The molecule has 1 aromatic carbocycles. The number of anilines is 1. The van der Waals surface area contributed by atoms with Crippen molar-refractivity contribution < 1.29 is 19.8 Å². The summed E-state index contributed by atoms with van der Waals surface area (Å²) in [6.45, 7) is 2.09. The summed E-state index contributed by atoms with van der Waals surface area (Å²) in [5, 5.41) is 20.4. The second-order valence-corrected chi connectivity index (χ2v) is 4.93. The van der Waals surface area contributed by atoms with Crippen LogP contribution < -0.4 is 10.2 Å². The third-order valence-electron chi connectivity index (χ3n) is 3.41. The van der Waals surface area contributed by atoms with Gasteiger partial charge >= 0.3 is 12.0 Å². The normalized spacial score (nSPS) is 18.5. The number of carboxylic acid groups (broad SMARTS) is 1. The number of urea groups is 1. The van der Waals surface area contributed by atoms with Crippen molar-refractivity contribution in [1.29, 1.82) is 0 Å². The first kappa shape index (κ1) is 14.3. The zero-order valence-corrected chi connectivity index (χ0v) is 11.2. The van der Waals surface area contributed by atoms with Crippen LogP contribution in [-0.4, -0.2) is 40.9 Å². The van der Waals surface area contributed by atoms with Crippen LogP contribution in [-0.2, 0) is 11.2 Å². The lowest BCUT2D eigenvalue weighted by Gasteiger charge is -2.23. The van der Waals surface area contributed by atoms with Gasteiger partial charge in [-0.3, -0.25) is 4.90 Å². The van der Waals surface area contributed by atoms with Crippen LogP contribution in [0, 0.1) is 0 Å². The van der Waals surface area contributed by atoms with Crippen molar-refractivity contribution in [3.63, 3.8) is 0 Å². The second kappa shape index (κ2) is 5.92. The van der Waals surface area contributed by atoms with Gasteiger partial charge < -0.3 is 15.5 Å². The van der Waals surface area contributed by atoms with Crippen LogP contribution in [0.5, 0.6) is 0 Å². The molecule has 0 bridgehead atoms. The summed E-state index contributed by atoms with van der Waals surface area (Å²) in [7, 11) is 0. The highest BCUT2D eigenvalue weighted by molar-refractivity contribution is 5.94. The SMILES string of the molecule is CC1Cc2ccccc2N1C(=O)NCC[C@H](O)C(=O)O. The number of para-hydroxylation sites is 1. The van der Waals surface area contributed by atoms with E-state index in [0.717, 1.165) is 17.7 Å². The molecule has 20 heavy (non-hydrogen) atoms. The number of fused-ring (bicyclic) bond motifs is 1. The van der Waals surface area contributed by atoms with Gasteiger partial charge in [-0.15, -0.1) is 0 Å². The molecule has 0 saturated carbocycles. The average Bonchev–Trinajstić information content (AvgIpc) is 2.74. The number of nitrogens with zero attached hydrogens (tertiary/aromatic N) is 1. The Bertz CT molecular complexity index is 518. The van der Waals surface area contributed by atoms with E-state index in [1.54, 1.807) is 4.90 Å². The maximum atomic E-state index is 12.2. The molecule has 0 radical (unpaired) electrons. The average molecular weight is 278 g/mol. The number of hydrogen-bond donors (Lipinski definition) is 3. The third-order valence-corrected chi connectivity index (χ3v) is 3.41. The molecular formula is C14H18N2O4. The maximum absolute atomic E-state index is 12.2. The first-order valence-electron chi connectivity index (χ1n) is 6.56. The lowest BCUT2D eigenvalue weighted by molar-refractivity contribution is -0.146. The van der Waals surface area contributed by atoms with E-state index in [1.807, 2.05) is 31.2 Å². The number of aliphatic hydroxyl groups excluding tert-OH is 1. The van der Waals surface area contributed by atoms with Gasteiger partial charge in [-0.05, 0) is 25.0 Å². The lowest BCUT2D eigenvalue weighted by Crippen LogP contribution is -2.44. The molecule has 1 unspecified atom stereocenters. The molecule has 3 N–H and O–H groups in total. The van der Waals surface area contributed by atoms with E-state index >= 15 is 0 Å². The maximum Gasteiger partial charge on any atom is 0.332 e. The Morgan fingerprint density at radius 3 is 2.85 bits per heavy atom. The molecule has 1 aliphatic heterocycles. The number of aliphatic carboxylic acids is 1. The van der Waals surface area contributed by atoms with Gasteiger partial charge in [0.25, 0.3) is 0 Å². The minimum Gasteiger partial charge on any atom is -0.479 e. The van der Waals surface area contributed by atoms with Crippen molar-refractivity contribution in [3.8, 4) is 0 Å². The van der Waals surface area contributed by atoms with Gasteiger partial charge in [0.15, 0.2) is 6.10 Å². The number of rotatable bonds is 4. The number of nitrogens with one attached hydrogen (secondary N) is 1. The zero-order valence-electron chi connectivity index (χ0n) is 11.2. The monoisotopic (exact) mass is 278 g/mol. The number of hydrogen-bond acceptors (Lipinski definition) is 3. The van der Waals surface area contributed by atoms with Crippen molar-refractivity contribution in [2.45, 2.75) is 31.9 Å². The van der Waals surface area contributed by atoms with Crippen LogP contribution >= 0.6 is 0 Å². The summed E-state index contributed by atoms with van der Waals surface area (Å²) < 4.78 is 0. The van der Waals surface area contributed by atoms with Gasteiger partial charge in [0.05, 0.1) is 0 Å². The molecule has 2 atom stereocenters. The highest BCUT2D eigenvalue weighted by Gasteiger charge is 2.30. The van der Waals surface area contributed by atoms with Crippen LogP contribution in [0.25, 0.3) is 0 Å². The van der Waals surface area contributed by atoms with E-state index in [1.165, 1.54) is 0 Å². The highest BCUT2D eigenvalue weighted by atomic mass is 16.4. The summed E-state index contributed by atoms with van der Waals surface area (Å²) in [6, 6.07) is 7.51. The lowest BCUT2D eigenvalue weighted by atomic mass is 10.1. The van der Waals surface area contributed by atoms with E-state index in [0.29, 0.717) is 0 Å². The number of carbonyl (C=O) groups is 2. The summed E-state index contributed by atoms with van der Waals surface area (Å²) in [4.78, 5) is 24.3. The van der Waals surface area contributed by atoms with Crippen molar-refractivity contribution in [1.82, 2.24) is 5.32 Å². The van der Waals surface area contributed by atoms with E-state index in [2.05, 4.69) is 5.32 Å². The van der Waals surface area contributed by atoms with E-state index in [-0.39, 0.29) is 25.0 Å². The van der Waals surface area contributed by atoms with Gasteiger partial charge in [-0.2, -0.15) is 0 Å². The smallest absolute Gasteiger partial charge is 0.332 e. The molecule has 1 aliphatic rings. The molecule has 0 spiro atoms. The topological polar surface area (TPSA) is 89.9 Å². The van der Waals surface area contributed by atoms with E-state index in [4.69, 9.17) is 10.2 Å². The molecule has 108 valence electrons. The van der Waals surface area contributed by atoms with Crippen LogP contribution in [0.2, 0.25) is 0 Å². The van der Waals surface area contributed by atoms with Gasteiger partial charge in [-0.25, -0.2) is 9.59 Å². The van der Waals surface area contributed by atoms with Gasteiger partial charge in [-0.1, -0.05) is 18.2 Å². The molecular weight excluding hydrogens is 260 g/mol. The van der Waals surface area contributed by atoms with Crippen molar-refractivity contribution in [2.24, 2.45) is 0 Å². The number of aliphatic hydroxyl groups is 1. The molecule has 0 saturated heterocycles. The molecule has 1 aromatic rings. The predicted molar refractivity (Wildman–Crippen MR) is 73.7 cm³/mol. The standard InChI is InChI=1S/C14H18N2O4/c1-9-8-10-4-2-3-5-11(10)16(9)14(20)15-7-6-12(17)13(18)19/h2-5,9,12,17H,6-8H2,1H3,(H,15,20)(H,18,19)/t9?,12-/m0/s1. The second-order valence-electron chi connectivity index (χ2n) is 4.93. The van der Waals surface area contributed by atoms with Gasteiger partial charge in [0.2, 0.25) is 0 Å². The Balaban J connectivity index is 1.95. The summed E-state index contributed by atoms with van der Waals surface area (Å²) in [5.74, 6) is -1.28. The first-order valence-corrected chi connectivity index (χ1v) is 6.56. The van der Waals surface area contributed by atoms with Crippen LogP contribution in [0.15, 0.2) is 24.3 Å².